The fourth-order valence-electron chi connectivity index (χ4n) is 4.50. The molecule has 0 aromatic carbocycles. The summed E-state index contributed by atoms with van der Waals surface area (Å²) in [5, 5.41) is 5.81. The number of allylic oxidation sites excluding steroid dienone is 2. The van der Waals surface area contributed by atoms with Crippen molar-refractivity contribution in [1.82, 2.24) is 10.6 Å². The highest BCUT2D eigenvalue weighted by Gasteiger charge is 2.56. The van der Waals surface area contributed by atoms with Gasteiger partial charge in [0.25, 0.3) is 0 Å². The highest BCUT2D eigenvalue weighted by atomic mass is 16.5. The molecular formula is C28H34N2O12. The molecule has 2 aliphatic heterocycles. The van der Waals surface area contributed by atoms with Crippen LogP contribution in [-0.4, -0.2) is 75.0 Å². The van der Waals surface area contributed by atoms with Gasteiger partial charge in [-0.1, -0.05) is 0 Å². The first-order valence-corrected chi connectivity index (χ1v) is 12.7. The number of esters is 4. The van der Waals surface area contributed by atoms with Crippen LogP contribution in [0, 0.1) is 11.8 Å². The number of carbonyl (C=O) groups is 6. The fourth-order valence-corrected chi connectivity index (χ4v) is 4.50. The average Bonchev–Trinajstić information content (AvgIpc) is 2.90. The Morgan fingerprint density at radius 2 is 0.905 bits per heavy atom. The van der Waals surface area contributed by atoms with Crippen LogP contribution in [0.25, 0.3) is 0 Å². The van der Waals surface area contributed by atoms with Crippen LogP contribution in [0.5, 0.6) is 0 Å². The maximum atomic E-state index is 14.1. The standard InChI is InChI=1S/C28H34N2O12/c1-27(2,3)29-21-15(25(35)39-9)11(23(33)37-7)13-18(32)20-14(17(31)19(13)41-21)12(24(34)38-8)16(26(36)40-10)22(42-20)30-28(4,5)6/h11-12,29-30H,1-10H3. The molecule has 3 aliphatic rings. The van der Waals surface area contributed by atoms with E-state index in [1.165, 1.54) is 0 Å². The molecule has 0 saturated carbocycles. The maximum Gasteiger partial charge on any atom is 0.340 e. The van der Waals surface area contributed by atoms with E-state index >= 15 is 0 Å². The normalized spacial score (nSPS) is 20.6. The Kier molecular flexibility index (Phi) is 8.61. The quantitative estimate of drug-likeness (QED) is 0.252. The second-order valence-corrected chi connectivity index (χ2v) is 11.5. The molecule has 14 nitrogen and oxygen atoms in total. The van der Waals surface area contributed by atoms with Crippen molar-refractivity contribution in [3.8, 4) is 0 Å². The minimum absolute atomic E-state index is 0.348. The molecule has 228 valence electrons. The van der Waals surface area contributed by atoms with Crippen molar-refractivity contribution < 1.29 is 57.2 Å². The fraction of sp³-hybridized carbons (Fsp3) is 0.500. The van der Waals surface area contributed by atoms with Gasteiger partial charge in [-0.25, -0.2) is 9.59 Å². The van der Waals surface area contributed by atoms with Crippen molar-refractivity contribution in [2.45, 2.75) is 52.6 Å². The Labute approximate surface area is 242 Å². The van der Waals surface area contributed by atoms with Crippen molar-refractivity contribution in [2.24, 2.45) is 11.8 Å². The molecule has 2 N–H and O–H groups in total. The van der Waals surface area contributed by atoms with Crippen molar-refractivity contribution in [1.29, 1.82) is 0 Å². The molecule has 14 heteroatoms. The lowest BCUT2D eigenvalue weighted by Gasteiger charge is -2.38. The highest BCUT2D eigenvalue weighted by molar-refractivity contribution is 6.28. The molecule has 0 bridgehead atoms. The van der Waals surface area contributed by atoms with Gasteiger partial charge in [-0.3, -0.25) is 19.2 Å². The Hall–Kier alpha value is -4.62. The van der Waals surface area contributed by atoms with E-state index < -0.39 is 92.2 Å². The van der Waals surface area contributed by atoms with Crippen molar-refractivity contribution in [2.75, 3.05) is 28.4 Å². The predicted molar refractivity (Wildman–Crippen MR) is 141 cm³/mol. The monoisotopic (exact) mass is 590 g/mol. The van der Waals surface area contributed by atoms with Crippen LogP contribution in [0.15, 0.2) is 45.6 Å². The number of ketones is 2. The number of rotatable bonds is 6. The molecule has 0 spiro atoms. The van der Waals surface area contributed by atoms with Crippen molar-refractivity contribution in [3.05, 3.63) is 45.6 Å². The third-order valence-electron chi connectivity index (χ3n) is 6.10. The van der Waals surface area contributed by atoms with E-state index in [1.54, 1.807) is 41.5 Å². The summed E-state index contributed by atoms with van der Waals surface area (Å²) in [5.41, 5.74) is -3.58. The van der Waals surface area contributed by atoms with Gasteiger partial charge in [0.05, 0.1) is 39.6 Å². The van der Waals surface area contributed by atoms with Gasteiger partial charge in [0.15, 0.2) is 11.5 Å². The molecule has 2 unspecified atom stereocenters. The number of hydrogen-bond donors (Lipinski definition) is 2. The van der Waals surface area contributed by atoms with E-state index in [0.717, 1.165) is 28.4 Å². The third-order valence-corrected chi connectivity index (χ3v) is 6.10. The molecule has 2 heterocycles. The molecule has 1 aliphatic carbocycles. The van der Waals surface area contributed by atoms with E-state index in [1.807, 2.05) is 0 Å². The number of methoxy groups -OCH3 is 4. The molecular weight excluding hydrogens is 556 g/mol. The van der Waals surface area contributed by atoms with Crippen LogP contribution in [0.3, 0.4) is 0 Å². The summed E-state index contributed by atoms with van der Waals surface area (Å²) in [7, 11) is 4.19. The van der Waals surface area contributed by atoms with Gasteiger partial charge >= 0.3 is 23.9 Å². The van der Waals surface area contributed by atoms with Crippen LogP contribution in [0.1, 0.15) is 41.5 Å². The molecule has 0 fully saturated rings. The first kappa shape index (κ1) is 31.9. The summed E-state index contributed by atoms with van der Waals surface area (Å²) in [5.74, 6) is -12.0. The van der Waals surface area contributed by atoms with Gasteiger partial charge in [-0.05, 0) is 41.5 Å². The Bertz CT molecular complexity index is 1290. The third kappa shape index (κ3) is 5.74. The first-order chi connectivity index (χ1) is 19.4. The zero-order chi connectivity index (χ0) is 31.9. The minimum atomic E-state index is -1.79. The van der Waals surface area contributed by atoms with E-state index in [2.05, 4.69) is 10.6 Å². The lowest BCUT2D eigenvalue weighted by molar-refractivity contribution is -0.148. The predicted octanol–water partition coefficient (Wildman–Crippen LogP) is 0.831. The Morgan fingerprint density at radius 3 is 1.14 bits per heavy atom. The van der Waals surface area contributed by atoms with Crippen LogP contribution in [-0.2, 0) is 57.2 Å². The lowest BCUT2D eigenvalue weighted by Crippen LogP contribution is -2.48. The summed E-state index contributed by atoms with van der Waals surface area (Å²) in [6.07, 6.45) is 0. The maximum absolute atomic E-state index is 14.1. The molecule has 0 saturated heterocycles. The zero-order valence-corrected chi connectivity index (χ0v) is 25.1. The Balaban J connectivity index is 2.34. The van der Waals surface area contributed by atoms with E-state index in [9.17, 15) is 28.8 Å². The molecule has 0 radical (unpaired) electrons. The highest BCUT2D eigenvalue weighted by Crippen LogP contribution is 2.46. The zero-order valence-electron chi connectivity index (χ0n) is 25.1. The number of nitrogens with one attached hydrogen (secondary N) is 2. The van der Waals surface area contributed by atoms with Gasteiger partial charge in [0.1, 0.15) is 23.0 Å². The van der Waals surface area contributed by atoms with Crippen LogP contribution < -0.4 is 10.6 Å². The molecule has 2 atom stereocenters. The Morgan fingerprint density at radius 1 is 0.595 bits per heavy atom. The summed E-state index contributed by atoms with van der Waals surface area (Å²) in [6, 6.07) is 0. The molecule has 0 aromatic heterocycles. The average molecular weight is 591 g/mol. The topological polar surface area (TPSA) is 182 Å². The van der Waals surface area contributed by atoms with Gasteiger partial charge in [-0.2, -0.15) is 0 Å². The second kappa shape index (κ2) is 11.3. The van der Waals surface area contributed by atoms with Gasteiger partial charge < -0.3 is 39.1 Å². The summed E-state index contributed by atoms with van der Waals surface area (Å²) >= 11 is 0. The smallest absolute Gasteiger partial charge is 0.340 e. The second-order valence-electron chi connectivity index (χ2n) is 11.5. The van der Waals surface area contributed by atoms with Crippen LogP contribution >= 0.6 is 0 Å². The number of Topliss-reactive ketones (excluding diaryl/α,β-unsaturated/α-hetero) is 2. The summed E-state index contributed by atoms with van der Waals surface area (Å²) in [6.45, 7) is 10.3. The molecule has 0 amide bonds. The van der Waals surface area contributed by atoms with E-state index in [4.69, 9.17) is 28.4 Å². The molecule has 3 rings (SSSR count). The molecule has 0 aromatic rings. The number of carbonyl (C=O) groups excluding carboxylic acids is 6. The number of hydrogen-bond acceptors (Lipinski definition) is 14. The molecule has 42 heavy (non-hydrogen) atoms. The van der Waals surface area contributed by atoms with Crippen LogP contribution in [0.2, 0.25) is 0 Å². The van der Waals surface area contributed by atoms with Crippen molar-refractivity contribution in [3.63, 3.8) is 0 Å². The van der Waals surface area contributed by atoms with Crippen molar-refractivity contribution >= 4 is 35.4 Å². The van der Waals surface area contributed by atoms with E-state index in [-0.39, 0.29) is 11.8 Å². The summed E-state index contributed by atoms with van der Waals surface area (Å²) in [4.78, 5) is 80.6. The van der Waals surface area contributed by atoms with Gasteiger partial charge in [-0.15, -0.1) is 0 Å². The van der Waals surface area contributed by atoms with Crippen LogP contribution in [0.4, 0.5) is 0 Å². The van der Waals surface area contributed by atoms with Gasteiger partial charge in [0, 0.05) is 11.1 Å². The minimum Gasteiger partial charge on any atom is -0.468 e. The first-order valence-electron chi connectivity index (χ1n) is 12.7. The summed E-state index contributed by atoms with van der Waals surface area (Å²) < 4.78 is 31.2. The largest absolute Gasteiger partial charge is 0.468 e. The van der Waals surface area contributed by atoms with Gasteiger partial charge in [0.2, 0.25) is 23.3 Å². The number of ether oxygens (including phenoxy) is 6. The SMILES string of the molecule is COC(=O)C1=C(NC(C)(C)C)OC2=C(C(=O)C3=C(C2=O)C(C(=O)OC)C(C(=O)OC)=C(NC(C)(C)C)O3)C1C(=O)OC. The lowest BCUT2D eigenvalue weighted by atomic mass is 9.75. The van der Waals surface area contributed by atoms with E-state index in [0.29, 0.717) is 0 Å².